The van der Waals surface area contributed by atoms with Crippen molar-refractivity contribution in [1.29, 1.82) is 0 Å². The summed E-state index contributed by atoms with van der Waals surface area (Å²) >= 11 is 0. The van der Waals surface area contributed by atoms with Gasteiger partial charge in [0.1, 0.15) is 33.5 Å². The van der Waals surface area contributed by atoms with Crippen molar-refractivity contribution < 1.29 is 13.3 Å². The molecule has 0 fully saturated rings. The molecule has 0 spiro atoms. The average Bonchev–Trinajstić information content (AvgIpc) is 1.52. The Balaban J connectivity index is 0.000000103. The van der Waals surface area contributed by atoms with Gasteiger partial charge < -0.3 is 13.3 Å². The number of hydrogen-bond donors (Lipinski definition) is 0. The Labute approximate surface area is 857 Å². The van der Waals surface area contributed by atoms with Gasteiger partial charge in [0.15, 0.2) is 0 Å². The van der Waals surface area contributed by atoms with E-state index in [2.05, 4.69) is 534 Å². The normalized spacial score (nSPS) is 11.9. The minimum Gasteiger partial charge on any atom is -0.456 e. The predicted molar refractivity (Wildman–Crippen MR) is 635 cm³/mol. The van der Waals surface area contributed by atoms with Crippen molar-refractivity contribution >= 4 is 217 Å². The fraction of sp³-hybridized carbons (Fsp3) is 0. The zero-order chi connectivity index (χ0) is 97.8. The van der Waals surface area contributed by atoms with Crippen LogP contribution in [0.25, 0.3) is 317 Å². The third kappa shape index (κ3) is 14.3. The van der Waals surface area contributed by atoms with Crippen LogP contribution in [-0.4, -0.2) is 0 Å². The number of hydrogen-bond acceptors (Lipinski definition) is 3. The van der Waals surface area contributed by atoms with E-state index in [9.17, 15) is 0 Å². The first-order valence-electron chi connectivity index (χ1n) is 51.3. The molecule has 690 valence electrons. The molecule has 0 aliphatic rings. The van der Waals surface area contributed by atoms with Crippen molar-refractivity contribution in [3.8, 4) is 100 Å². The molecule has 0 saturated carbocycles. The van der Waals surface area contributed by atoms with Crippen LogP contribution in [0.2, 0.25) is 0 Å². The zero-order valence-electron chi connectivity index (χ0n) is 81.0. The SMILES string of the molecule is c1ccc(-c2cc(-c3ccccc3)cc(-c3cccc(-c4c5ccccc5c(-c5ccc6oc7cc8ccccc8cc7c6c5)c5ccccc45)c3)c2)cc1.c1ccc2cc3c(cc(-c4c5ccccc5c(-c5ccc6oc7cc8ccccc8cc7c6c5)c5ccccc45)c4ccccc43)cc2c1.c1ccc2cc3c(cc2c1)oc1ccc(-c2c4ccccc4c(-c4ccc5c(ccc6ccccc65)c4)c4ccccc24)cc13. The second-order valence-electron chi connectivity index (χ2n) is 39.8. The fourth-order valence-electron chi connectivity index (χ4n) is 24.5. The quantitative estimate of drug-likeness (QED) is 0.107. The molecule has 149 heavy (non-hydrogen) atoms. The van der Waals surface area contributed by atoms with Gasteiger partial charge in [-0.2, -0.15) is 0 Å². The summed E-state index contributed by atoms with van der Waals surface area (Å²) in [6, 6.07) is 195. The molecule has 3 nitrogen and oxygen atoms in total. The molecule has 0 saturated heterocycles. The molecule has 32 rings (SSSR count). The third-order valence-electron chi connectivity index (χ3n) is 31.3. The standard InChI is InChI=1S/C54H34O.C48H28O.C44H26O/c1-3-14-35(15-4-1)42-29-43(36-16-5-2-6-17-36)31-44(30-42)37-20-13-21-40(28-37)53-45-22-9-11-24-47(45)54(48-25-12-10-23-46(48)53)41-26-27-51-49(33-41)50-32-38-18-7-8-19-39(38)34-52(50)55-51;1-2-12-30-24-41-34(23-29(30)11-1)27-44(36-16-6-5-15-35(36)41)48-39-19-9-7-17-37(39)47(38-18-8-10-20-40(38)48)33-21-22-45-42(26-33)43-25-31-13-3-4-14-32(31)28-46(43)49-45;1-2-11-29-26-42-40(24-28(29)10-1)39-25-32(20-22-41(39)45-42)44-37-15-7-5-13-35(37)43(36-14-6-8-16-38(36)44)31-19-21-34-30(23-31)18-17-27-9-3-4-12-33(27)34/h1-34H;1-28H;1-26H. The summed E-state index contributed by atoms with van der Waals surface area (Å²) in [5, 5.41) is 41.8. The van der Waals surface area contributed by atoms with Gasteiger partial charge in [-0.15, -0.1) is 0 Å². The molecule has 0 N–H and O–H groups in total. The summed E-state index contributed by atoms with van der Waals surface area (Å²) in [7, 11) is 0. The van der Waals surface area contributed by atoms with Gasteiger partial charge in [-0.05, 0) is 372 Å². The monoisotopic (exact) mass is 1890 g/mol. The lowest BCUT2D eigenvalue weighted by atomic mass is 9.83. The largest absolute Gasteiger partial charge is 0.456 e. The van der Waals surface area contributed by atoms with Gasteiger partial charge in [-0.25, -0.2) is 0 Å². The number of rotatable bonds is 9. The molecule has 3 aromatic heterocycles. The Kier molecular flexibility index (Phi) is 19.8. The van der Waals surface area contributed by atoms with Gasteiger partial charge >= 0.3 is 0 Å². The number of benzene rings is 29. The summed E-state index contributed by atoms with van der Waals surface area (Å²) < 4.78 is 19.2. The van der Waals surface area contributed by atoms with Crippen LogP contribution < -0.4 is 0 Å². The van der Waals surface area contributed by atoms with Crippen LogP contribution >= 0.6 is 0 Å². The molecule has 3 heterocycles. The van der Waals surface area contributed by atoms with Crippen LogP contribution in [0.5, 0.6) is 0 Å². The molecule has 0 aliphatic carbocycles. The van der Waals surface area contributed by atoms with Gasteiger partial charge in [-0.3, -0.25) is 0 Å². The summed E-state index contributed by atoms with van der Waals surface area (Å²) in [5.74, 6) is 0. The van der Waals surface area contributed by atoms with Crippen molar-refractivity contribution in [2.45, 2.75) is 0 Å². The van der Waals surface area contributed by atoms with Crippen molar-refractivity contribution in [3.63, 3.8) is 0 Å². The van der Waals surface area contributed by atoms with Crippen molar-refractivity contribution in [3.05, 3.63) is 534 Å². The molecule has 0 amide bonds. The van der Waals surface area contributed by atoms with Crippen LogP contribution in [0, 0.1) is 0 Å². The fourth-order valence-corrected chi connectivity index (χ4v) is 24.5. The summed E-state index contributed by atoms with van der Waals surface area (Å²) in [6.07, 6.45) is 0. The van der Waals surface area contributed by atoms with Gasteiger partial charge in [0.25, 0.3) is 0 Å². The molecular weight excluding hydrogens is 1800 g/mol. The highest BCUT2D eigenvalue weighted by atomic mass is 16.3. The van der Waals surface area contributed by atoms with Crippen molar-refractivity contribution in [2.24, 2.45) is 0 Å². The van der Waals surface area contributed by atoms with Crippen LogP contribution in [0.4, 0.5) is 0 Å². The van der Waals surface area contributed by atoms with Crippen molar-refractivity contribution in [1.82, 2.24) is 0 Å². The van der Waals surface area contributed by atoms with E-state index in [-0.39, 0.29) is 0 Å². The summed E-state index contributed by atoms with van der Waals surface area (Å²) in [5.41, 5.74) is 27.5. The minimum atomic E-state index is 0.905. The van der Waals surface area contributed by atoms with E-state index >= 15 is 0 Å². The molecule has 0 radical (unpaired) electrons. The van der Waals surface area contributed by atoms with E-state index in [4.69, 9.17) is 13.3 Å². The minimum absolute atomic E-state index is 0.905. The Morgan fingerprint density at radius 1 is 0.0872 bits per heavy atom. The maximum Gasteiger partial charge on any atom is 0.136 e. The maximum absolute atomic E-state index is 6.42. The van der Waals surface area contributed by atoms with Crippen molar-refractivity contribution in [2.75, 3.05) is 0 Å². The van der Waals surface area contributed by atoms with E-state index in [1.807, 2.05) is 0 Å². The first kappa shape index (κ1) is 85.0. The van der Waals surface area contributed by atoms with Gasteiger partial charge in [0.2, 0.25) is 0 Å². The van der Waals surface area contributed by atoms with E-state index in [1.54, 1.807) is 0 Å². The van der Waals surface area contributed by atoms with Gasteiger partial charge in [-0.1, -0.05) is 413 Å². The van der Waals surface area contributed by atoms with E-state index in [1.165, 1.54) is 251 Å². The smallest absolute Gasteiger partial charge is 0.136 e. The molecule has 0 bridgehead atoms. The number of furan rings is 3. The Bertz CT molecular complexity index is 11000. The maximum atomic E-state index is 6.42. The highest BCUT2D eigenvalue weighted by molar-refractivity contribution is 6.30. The predicted octanol–water partition coefficient (Wildman–Crippen LogP) is 41.9. The first-order chi connectivity index (χ1) is 73.8. The van der Waals surface area contributed by atoms with Crippen LogP contribution in [0.3, 0.4) is 0 Å². The molecule has 0 unspecified atom stereocenters. The molecule has 0 atom stereocenters. The Morgan fingerprint density at radius 2 is 0.336 bits per heavy atom. The number of fused-ring (bicyclic) bond motifs is 25. The van der Waals surface area contributed by atoms with Gasteiger partial charge in [0.05, 0.1) is 0 Å². The van der Waals surface area contributed by atoms with E-state index in [0.29, 0.717) is 0 Å². The van der Waals surface area contributed by atoms with E-state index < -0.39 is 0 Å². The lowest BCUT2D eigenvalue weighted by Crippen LogP contribution is -1.92. The second kappa shape index (κ2) is 34.6. The molecule has 32 aromatic rings. The third-order valence-corrected chi connectivity index (χ3v) is 31.3. The lowest BCUT2D eigenvalue weighted by molar-refractivity contribution is 0.669. The zero-order valence-corrected chi connectivity index (χ0v) is 81.0. The summed E-state index contributed by atoms with van der Waals surface area (Å²) in [4.78, 5) is 0. The van der Waals surface area contributed by atoms with Crippen LogP contribution in [0.15, 0.2) is 547 Å². The van der Waals surface area contributed by atoms with Gasteiger partial charge in [0, 0.05) is 32.3 Å². The lowest BCUT2D eigenvalue weighted by Gasteiger charge is -2.20. The molecule has 3 heteroatoms. The van der Waals surface area contributed by atoms with Crippen LogP contribution in [-0.2, 0) is 0 Å². The molecular formula is C146H88O3. The highest BCUT2D eigenvalue weighted by Crippen LogP contribution is 2.53. The molecule has 29 aromatic carbocycles. The Hall–Kier alpha value is -19.6. The second-order valence-corrected chi connectivity index (χ2v) is 39.8. The summed E-state index contributed by atoms with van der Waals surface area (Å²) in [6.45, 7) is 0. The molecule has 0 aliphatic heterocycles. The van der Waals surface area contributed by atoms with Crippen LogP contribution in [0.1, 0.15) is 0 Å². The Morgan fingerprint density at radius 3 is 0.718 bits per heavy atom. The topological polar surface area (TPSA) is 39.4 Å². The first-order valence-corrected chi connectivity index (χ1v) is 51.3. The van der Waals surface area contributed by atoms with E-state index in [0.717, 1.165) is 65.8 Å². The average molecular weight is 1890 g/mol. The highest BCUT2D eigenvalue weighted by Gasteiger charge is 2.26.